The van der Waals surface area contributed by atoms with Crippen LogP contribution in [0.1, 0.15) is 31.8 Å². The van der Waals surface area contributed by atoms with E-state index in [1.165, 1.54) is 22.8 Å². The standard InChI is InChI=1S/C21H18N2O4/c1-14-4-2-5-17(12-14)23-11-3-6-18(20(23)25)19(24)22-13-15-7-9-16(10-8-15)21(26)27/h2-12H,13H2,1H3,(H,22,24)(H,26,27). The van der Waals surface area contributed by atoms with E-state index in [0.717, 1.165) is 11.1 Å². The average Bonchev–Trinajstić information content (AvgIpc) is 2.66. The van der Waals surface area contributed by atoms with Crippen molar-refractivity contribution in [3.8, 4) is 5.69 Å². The van der Waals surface area contributed by atoms with E-state index in [9.17, 15) is 14.4 Å². The van der Waals surface area contributed by atoms with E-state index in [1.807, 2.05) is 25.1 Å². The lowest BCUT2D eigenvalue weighted by molar-refractivity contribution is 0.0696. The number of amides is 1. The van der Waals surface area contributed by atoms with E-state index < -0.39 is 17.4 Å². The molecular formula is C21H18N2O4. The monoisotopic (exact) mass is 362 g/mol. The normalized spacial score (nSPS) is 10.4. The van der Waals surface area contributed by atoms with Crippen molar-refractivity contribution < 1.29 is 14.7 Å². The largest absolute Gasteiger partial charge is 0.478 e. The first-order valence-corrected chi connectivity index (χ1v) is 8.35. The highest BCUT2D eigenvalue weighted by atomic mass is 16.4. The Morgan fingerprint density at radius 2 is 1.78 bits per heavy atom. The van der Waals surface area contributed by atoms with Crippen molar-refractivity contribution in [2.75, 3.05) is 0 Å². The molecule has 0 saturated carbocycles. The molecule has 6 heteroatoms. The van der Waals surface area contributed by atoms with Gasteiger partial charge in [-0.25, -0.2) is 4.79 Å². The summed E-state index contributed by atoms with van der Waals surface area (Å²) in [5, 5.41) is 11.6. The first-order valence-electron chi connectivity index (χ1n) is 8.35. The molecule has 0 unspecified atom stereocenters. The minimum atomic E-state index is -1.01. The van der Waals surface area contributed by atoms with Crippen LogP contribution in [0.3, 0.4) is 0 Å². The third-order valence-corrected chi connectivity index (χ3v) is 4.13. The van der Waals surface area contributed by atoms with Gasteiger partial charge in [-0.05, 0) is 54.4 Å². The van der Waals surface area contributed by atoms with Crippen molar-refractivity contribution in [2.45, 2.75) is 13.5 Å². The predicted molar refractivity (Wildman–Crippen MR) is 101 cm³/mol. The molecule has 1 heterocycles. The molecule has 0 atom stereocenters. The number of aryl methyl sites for hydroxylation is 1. The zero-order valence-electron chi connectivity index (χ0n) is 14.7. The van der Waals surface area contributed by atoms with Crippen LogP contribution in [0.15, 0.2) is 71.7 Å². The van der Waals surface area contributed by atoms with Crippen LogP contribution in [-0.2, 0) is 6.54 Å². The van der Waals surface area contributed by atoms with Gasteiger partial charge in [0.2, 0.25) is 0 Å². The second-order valence-electron chi connectivity index (χ2n) is 6.12. The first-order chi connectivity index (χ1) is 13.0. The van der Waals surface area contributed by atoms with E-state index in [-0.39, 0.29) is 17.7 Å². The highest BCUT2D eigenvalue weighted by molar-refractivity contribution is 5.93. The van der Waals surface area contributed by atoms with Gasteiger partial charge in [0.05, 0.1) is 5.56 Å². The molecule has 0 aliphatic heterocycles. The number of benzene rings is 2. The molecule has 0 bridgehead atoms. The first kappa shape index (κ1) is 18.1. The number of nitrogens with one attached hydrogen (secondary N) is 1. The van der Waals surface area contributed by atoms with Crippen molar-refractivity contribution in [3.63, 3.8) is 0 Å². The lowest BCUT2D eigenvalue weighted by atomic mass is 10.1. The zero-order valence-corrected chi connectivity index (χ0v) is 14.7. The number of carboxylic acid groups (broad SMARTS) is 1. The third kappa shape index (κ3) is 4.12. The number of aromatic nitrogens is 1. The summed E-state index contributed by atoms with van der Waals surface area (Å²) in [7, 11) is 0. The van der Waals surface area contributed by atoms with Gasteiger partial charge in [0.1, 0.15) is 5.56 Å². The Balaban J connectivity index is 1.78. The van der Waals surface area contributed by atoms with Gasteiger partial charge in [-0.2, -0.15) is 0 Å². The van der Waals surface area contributed by atoms with Gasteiger partial charge < -0.3 is 10.4 Å². The Morgan fingerprint density at radius 1 is 1.04 bits per heavy atom. The molecule has 2 N–H and O–H groups in total. The van der Waals surface area contributed by atoms with Crippen molar-refractivity contribution in [3.05, 3.63) is 99.5 Å². The summed E-state index contributed by atoms with van der Waals surface area (Å²) in [5.74, 6) is -1.49. The van der Waals surface area contributed by atoms with Crippen molar-refractivity contribution >= 4 is 11.9 Å². The van der Waals surface area contributed by atoms with E-state index in [1.54, 1.807) is 30.5 Å². The second kappa shape index (κ2) is 7.70. The fourth-order valence-corrected chi connectivity index (χ4v) is 2.69. The van der Waals surface area contributed by atoms with Crippen molar-refractivity contribution in [2.24, 2.45) is 0 Å². The molecule has 1 amide bonds. The fourth-order valence-electron chi connectivity index (χ4n) is 2.69. The van der Waals surface area contributed by atoms with E-state index in [4.69, 9.17) is 5.11 Å². The number of nitrogens with zero attached hydrogens (tertiary/aromatic N) is 1. The molecule has 3 rings (SSSR count). The van der Waals surface area contributed by atoms with Gasteiger partial charge in [0.15, 0.2) is 0 Å². The quantitative estimate of drug-likeness (QED) is 0.730. The van der Waals surface area contributed by atoms with E-state index in [2.05, 4.69) is 5.32 Å². The van der Waals surface area contributed by atoms with Crippen LogP contribution in [0.2, 0.25) is 0 Å². The average molecular weight is 362 g/mol. The molecule has 0 saturated heterocycles. The number of aromatic carboxylic acids is 1. The lowest BCUT2D eigenvalue weighted by Gasteiger charge is -2.09. The highest BCUT2D eigenvalue weighted by Crippen LogP contribution is 2.09. The SMILES string of the molecule is Cc1cccc(-n2cccc(C(=O)NCc3ccc(C(=O)O)cc3)c2=O)c1. The molecule has 3 aromatic rings. The molecule has 0 aliphatic rings. The number of pyridine rings is 1. The Kier molecular flexibility index (Phi) is 5.17. The second-order valence-corrected chi connectivity index (χ2v) is 6.12. The molecule has 0 aliphatic carbocycles. The molecule has 1 aromatic heterocycles. The zero-order chi connectivity index (χ0) is 19.4. The Hall–Kier alpha value is -3.67. The molecule has 27 heavy (non-hydrogen) atoms. The van der Waals surface area contributed by atoms with Gasteiger partial charge in [0.25, 0.3) is 11.5 Å². The Labute approximate surface area is 155 Å². The van der Waals surface area contributed by atoms with Gasteiger partial charge in [-0.3, -0.25) is 14.2 Å². The van der Waals surface area contributed by atoms with Crippen LogP contribution in [0.4, 0.5) is 0 Å². The van der Waals surface area contributed by atoms with Crippen LogP contribution in [-0.4, -0.2) is 21.6 Å². The fraction of sp³-hybridized carbons (Fsp3) is 0.0952. The van der Waals surface area contributed by atoms with E-state index >= 15 is 0 Å². The number of carbonyl (C=O) groups is 2. The Bertz CT molecular complexity index is 1050. The predicted octanol–water partition coefficient (Wildman–Crippen LogP) is 2.77. The third-order valence-electron chi connectivity index (χ3n) is 4.13. The summed E-state index contributed by atoms with van der Waals surface area (Å²) in [5.41, 5.74) is 2.26. The molecule has 0 spiro atoms. The van der Waals surface area contributed by atoms with Gasteiger partial charge in [-0.15, -0.1) is 0 Å². The van der Waals surface area contributed by atoms with E-state index in [0.29, 0.717) is 5.69 Å². The molecule has 2 aromatic carbocycles. The van der Waals surface area contributed by atoms with Gasteiger partial charge >= 0.3 is 5.97 Å². The van der Waals surface area contributed by atoms with Crippen molar-refractivity contribution in [1.82, 2.24) is 9.88 Å². The number of hydrogen-bond donors (Lipinski definition) is 2. The molecule has 0 fully saturated rings. The summed E-state index contributed by atoms with van der Waals surface area (Å²) >= 11 is 0. The summed E-state index contributed by atoms with van der Waals surface area (Å²) in [6, 6.07) is 16.8. The maximum atomic E-state index is 12.7. The van der Waals surface area contributed by atoms with Crippen LogP contribution in [0.5, 0.6) is 0 Å². The molecule has 136 valence electrons. The number of carbonyl (C=O) groups excluding carboxylic acids is 1. The Morgan fingerprint density at radius 3 is 2.44 bits per heavy atom. The summed E-state index contributed by atoms with van der Waals surface area (Å²) in [6.45, 7) is 2.12. The van der Waals surface area contributed by atoms with Crippen LogP contribution < -0.4 is 10.9 Å². The minimum Gasteiger partial charge on any atom is -0.478 e. The topological polar surface area (TPSA) is 88.4 Å². The van der Waals surface area contributed by atoms with Crippen LogP contribution in [0, 0.1) is 6.92 Å². The van der Waals surface area contributed by atoms with Gasteiger partial charge in [-0.1, -0.05) is 24.3 Å². The van der Waals surface area contributed by atoms with Crippen LogP contribution >= 0.6 is 0 Å². The maximum Gasteiger partial charge on any atom is 0.335 e. The molecule has 0 radical (unpaired) electrons. The number of hydrogen-bond acceptors (Lipinski definition) is 3. The highest BCUT2D eigenvalue weighted by Gasteiger charge is 2.13. The number of rotatable bonds is 5. The summed E-state index contributed by atoms with van der Waals surface area (Å²) in [6.07, 6.45) is 1.62. The lowest BCUT2D eigenvalue weighted by Crippen LogP contribution is -2.32. The maximum absolute atomic E-state index is 12.7. The van der Waals surface area contributed by atoms with Gasteiger partial charge in [0, 0.05) is 18.4 Å². The van der Waals surface area contributed by atoms with Crippen LogP contribution in [0.25, 0.3) is 5.69 Å². The number of carboxylic acids is 1. The van der Waals surface area contributed by atoms with Crippen molar-refractivity contribution in [1.29, 1.82) is 0 Å². The minimum absolute atomic E-state index is 0.0427. The smallest absolute Gasteiger partial charge is 0.335 e. The molecule has 6 nitrogen and oxygen atoms in total. The summed E-state index contributed by atoms with van der Waals surface area (Å²) < 4.78 is 1.43. The molecular weight excluding hydrogens is 344 g/mol. The summed E-state index contributed by atoms with van der Waals surface area (Å²) in [4.78, 5) is 36.0.